The Morgan fingerprint density at radius 2 is 1.77 bits per heavy atom. The van der Waals surface area contributed by atoms with Gasteiger partial charge in [0.2, 0.25) is 0 Å². The van der Waals surface area contributed by atoms with Crippen LogP contribution in [0.3, 0.4) is 0 Å². The van der Waals surface area contributed by atoms with Crippen LogP contribution in [0.5, 0.6) is 11.5 Å². The van der Waals surface area contributed by atoms with Gasteiger partial charge in [-0.05, 0) is 36.2 Å². The summed E-state index contributed by atoms with van der Waals surface area (Å²) in [5.41, 5.74) is 2.84. The lowest BCUT2D eigenvalue weighted by Gasteiger charge is -2.23. The minimum Gasteiger partial charge on any atom is -0.491 e. The molecule has 1 aliphatic heterocycles. The molecule has 1 aromatic heterocycles. The van der Waals surface area contributed by atoms with Gasteiger partial charge in [0.05, 0.1) is 26.4 Å². The van der Waals surface area contributed by atoms with Crippen LogP contribution >= 0.6 is 0 Å². The van der Waals surface area contributed by atoms with E-state index in [9.17, 15) is 4.79 Å². The summed E-state index contributed by atoms with van der Waals surface area (Å²) in [6, 6.07) is 21.3. The largest absolute Gasteiger partial charge is 0.491 e. The summed E-state index contributed by atoms with van der Waals surface area (Å²) in [5, 5.41) is 0. The Morgan fingerprint density at radius 1 is 0.935 bits per heavy atom. The quantitative estimate of drug-likeness (QED) is 0.557. The van der Waals surface area contributed by atoms with Gasteiger partial charge in [0, 0.05) is 11.8 Å². The lowest BCUT2D eigenvalue weighted by molar-refractivity contribution is -0.101. The van der Waals surface area contributed by atoms with Crippen LogP contribution in [0.15, 0.2) is 71.5 Å². The van der Waals surface area contributed by atoms with Gasteiger partial charge >= 0.3 is 0 Å². The topological polar surface area (TPSA) is 58.9 Å². The molecule has 2 heterocycles. The van der Waals surface area contributed by atoms with Gasteiger partial charge in [-0.3, -0.25) is 4.79 Å². The van der Waals surface area contributed by atoms with E-state index in [4.69, 9.17) is 18.9 Å². The second-order valence-corrected chi connectivity index (χ2v) is 7.56. The molecule has 1 atom stereocenters. The fourth-order valence-corrected chi connectivity index (χ4v) is 3.46. The molecular weight excluding hydrogens is 394 g/mol. The van der Waals surface area contributed by atoms with E-state index >= 15 is 0 Å². The van der Waals surface area contributed by atoms with Crippen molar-refractivity contribution in [1.29, 1.82) is 0 Å². The van der Waals surface area contributed by atoms with E-state index in [0.717, 1.165) is 22.6 Å². The zero-order valence-corrected chi connectivity index (χ0v) is 17.7. The van der Waals surface area contributed by atoms with Crippen molar-refractivity contribution in [3.63, 3.8) is 0 Å². The number of aromatic nitrogens is 1. The second kappa shape index (κ2) is 10.3. The Kier molecular flexibility index (Phi) is 7.02. The molecule has 3 aromatic rings. The Bertz CT molecular complexity index is 1040. The first kappa shape index (κ1) is 21.2. The SMILES string of the molecule is Cc1cc(OC[C@H]2COCCO2)cc(=O)n1Cc1cccc(OCc2ccccc2)c1. The normalized spacial score (nSPS) is 16.1. The van der Waals surface area contributed by atoms with Crippen LogP contribution in [0.1, 0.15) is 16.8 Å². The summed E-state index contributed by atoms with van der Waals surface area (Å²) < 4.78 is 24.4. The van der Waals surface area contributed by atoms with Crippen LogP contribution in [0.4, 0.5) is 0 Å². The molecule has 162 valence electrons. The standard InChI is InChI=1S/C25H27NO5/c1-19-12-23(31-18-24-17-28-10-11-29-24)14-25(27)26(19)15-21-8-5-9-22(13-21)30-16-20-6-3-2-4-7-20/h2-9,12-14,24H,10-11,15-18H2,1H3/t24-/m1/s1. The van der Waals surface area contributed by atoms with Crippen molar-refractivity contribution in [2.75, 3.05) is 26.4 Å². The highest BCUT2D eigenvalue weighted by Gasteiger charge is 2.15. The van der Waals surface area contributed by atoms with E-state index in [0.29, 0.717) is 45.3 Å². The Labute approximate surface area is 182 Å². The second-order valence-electron chi connectivity index (χ2n) is 7.56. The third-order valence-electron chi connectivity index (χ3n) is 5.12. The predicted molar refractivity (Wildman–Crippen MR) is 118 cm³/mol. The van der Waals surface area contributed by atoms with E-state index < -0.39 is 0 Å². The summed E-state index contributed by atoms with van der Waals surface area (Å²) >= 11 is 0. The highest BCUT2D eigenvalue weighted by Crippen LogP contribution is 2.18. The zero-order valence-electron chi connectivity index (χ0n) is 17.7. The third kappa shape index (κ3) is 5.96. The first-order chi connectivity index (χ1) is 15.2. The number of rotatable bonds is 8. The summed E-state index contributed by atoms with van der Waals surface area (Å²) in [6.07, 6.45) is -0.102. The van der Waals surface area contributed by atoms with Gasteiger partial charge in [0.25, 0.3) is 5.56 Å². The minimum absolute atomic E-state index is 0.102. The van der Waals surface area contributed by atoms with Crippen molar-refractivity contribution < 1.29 is 18.9 Å². The first-order valence-electron chi connectivity index (χ1n) is 10.5. The van der Waals surface area contributed by atoms with Crippen LogP contribution in [-0.2, 0) is 22.6 Å². The molecule has 2 aromatic carbocycles. The lowest BCUT2D eigenvalue weighted by atomic mass is 10.2. The minimum atomic E-state index is -0.105. The van der Waals surface area contributed by atoms with Crippen LogP contribution in [0, 0.1) is 6.92 Å². The van der Waals surface area contributed by atoms with Crippen LogP contribution in [0.2, 0.25) is 0 Å². The van der Waals surface area contributed by atoms with Crippen molar-refractivity contribution in [2.45, 2.75) is 26.2 Å². The zero-order chi connectivity index (χ0) is 21.5. The van der Waals surface area contributed by atoms with Crippen molar-refractivity contribution >= 4 is 0 Å². The molecule has 1 saturated heterocycles. The third-order valence-corrected chi connectivity index (χ3v) is 5.12. The van der Waals surface area contributed by atoms with E-state index in [2.05, 4.69) is 0 Å². The van der Waals surface area contributed by atoms with E-state index in [1.165, 1.54) is 6.07 Å². The summed E-state index contributed by atoms with van der Waals surface area (Å²) in [7, 11) is 0. The molecule has 0 bridgehead atoms. The molecule has 6 heteroatoms. The van der Waals surface area contributed by atoms with Gasteiger partial charge in [0.15, 0.2) is 0 Å². The van der Waals surface area contributed by atoms with Gasteiger partial charge in [-0.15, -0.1) is 0 Å². The number of pyridine rings is 1. The molecule has 0 amide bonds. The molecule has 0 N–H and O–H groups in total. The van der Waals surface area contributed by atoms with E-state index in [1.807, 2.05) is 67.6 Å². The smallest absolute Gasteiger partial charge is 0.254 e. The highest BCUT2D eigenvalue weighted by molar-refractivity contribution is 5.30. The number of hydrogen-bond acceptors (Lipinski definition) is 5. The van der Waals surface area contributed by atoms with Crippen molar-refractivity contribution in [2.24, 2.45) is 0 Å². The van der Waals surface area contributed by atoms with E-state index in [1.54, 1.807) is 4.57 Å². The van der Waals surface area contributed by atoms with Crippen LogP contribution in [-0.4, -0.2) is 37.1 Å². The fourth-order valence-electron chi connectivity index (χ4n) is 3.46. The maximum absolute atomic E-state index is 12.7. The van der Waals surface area contributed by atoms with Crippen LogP contribution < -0.4 is 15.0 Å². The summed E-state index contributed by atoms with van der Waals surface area (Å²) in [5.74, 6) is 1.33. The van der Waals surface area contributed by atoms with Gasteiger partial charge < -0.3 is 23.5 Å². The molecule has 1 fully saturated rings. The molecule has 6 nitrogen and oxygen atoms in total. The molecular formula is C25H27NO5. The van der Waals surface area contributed by atoms with Gasteiger partial charge in [-0.1, -0.05) is 42.5 Å². The van der Waals surface area contributed by atoms with Crippen molar-refractivity contribution in [3.05, 3.63) is 93.9 Å². The number of ether oxygens (including phenoxy) is 4. The van der Waals surface area contributed by atoms with E-state index in [-0.39, 0.29) is 11.7 Å². The molecule has 1 aliphatic rings. The average molecular weight is 421 g/mol. The molecule has 31 heavy (non-hydrogen) atoms. The van der Waals surface area contributed by atoms with Gasteiger partial charge in [0.1, 0.15) is 30.8 Å². The Balaban J connectivity index is 1.39. The molecule has 0 spiro atoms. The highest BCUT2D eigenvalue weighted by atomic mass is 16.6. The average Bonchev–Trinajstić information content (AvgIpc) is 2.80. The molecule has 4 rings (SSSR count). The first-order valence-corrected chi connectivity index (χ1v) is 10.5. The number of aryl methyl sites for hydroxylation is 1. The Hall–Kier alpha value is -3.09. The maximum atomic E-state index is 12.7. The predicted octanol–water partition coefficient (Wildman–Crippen LogP) is 3.58. The molecule has 0 saturated carbocycles. The lowest BCUT2D eigenvalue weighted by Crippen LogP contribution is -2.33. The summed E-state index contributed by atoms with van der Waals surface area (Å²) in [4.78, 5) is 12.7. The summed E-state index contributed by atoms with van der Waals surface area (Å²) in [6.45, 7) is 4.94. The maximum Gasteiger partial charge on any atom is 0.254 e. The number of hydrogen-bond donors (Lipinski definition) is 0. The monoisotopic (exact) mass is 421 g/mol. The number of benzene rings is 2. The van der Waals surface area contributed by atoms with Crippen LogP contribution in [0.25, 0.3) is 0 Å². The number of nitrogens with zero attached hydrogens (tertiary/aromatic N) is 1. The van der Waals surface area contributed by atoms with Crippen molar-refractivity contribution in [1.82, 2.24) is 4.57 Å². The molecule has 0 radical (unpaired) electrons. The molecule has 0 unspecified atom stereocenters. The fraction of sp³-hybridized carbons (Fsp3) is 0.320. The van der Waals surface area contributed by atoms with Crippen molar-refractivity contribution in [3.8, 4) is 11.5 Å². The van der Waals surface area contributed by atoms with Gasteiger partial charge in [-0.2, -0.15) is 0 Å². The molecule has 0 aliphatic carbocycles. The Morgan fingerprint density at radius 3 is 2.55 bits per heavy atom. The van der Waals surface area contributed by atoms with Gasteiger partial charge in [-0.25, -0.2) is 0 Å².